The highest BCUT2D eigenvalue weighted by atomic mass is 35.5. The van der Waals surface area contributed by atoms with Crippen molar-refractivity contribution in [1.29, 1.82) is 0 Å². The average molecular weight is 328 g/mol. The molecule has 1 amide bonds. The van der Waals surface area contributed by atoms with E-state index in [0.717, 1.165) is 44.0 Å². The molecule has 5 nitrogen and oxygen atoms in total. The molecule has 1 saturated heterocycles. The van der Waals surface area contributed by atoms with Crippen LogP contribution >= 0.6 is 12.4 Å². The van der Waals surface area contributed by atoms with Crippen LogP contribution in [-0.4, -0.2) is 51.1 Å². The summed E-state index contributed by atoms with van der Waals surface area (Å²) in [4.78, 5) is 13.9. The molecule has 1 aliphatic heterocycles. The number of nitrogens with one attached hydrogen (secondary N) is 2. The molecule has 0 atom stereocenters. The third-order valence-corrected chi connectivity index (χ3v) is 3.56. The van der Waals surface area contributed by atoms with Gasteiger partial charge in [-0.3, -0.25) is 4.79 Å². The lowest BCUT2D eigenvalue weighted by atomic mass is 10.0. The Morgan fingerprint density at radius 2 is 2.00 bits per heavy atom. The molecule has 1 aliphatic rings. The molecular formula is C16H26ClN3O2. The van der Waals surface area contributed by atoms with E-state index >= 15 is 0 Å². The summed E-state index contributed by atoms with van der Waals surface area (Å²) >= 11 is 0. The molecule has 0 aromatic heterocycles. The Kier molecular flexibility index (Phi) is 8.24. The second-order valence-corrected chi connectivity index (χ2v) is 5.72. The molecule has 0 bridgehead atoms. The van der Waals surface area contributed by atoms with E-state index in [-0.39, 0.29) is 24.2 Å². The van der Waals surface area contributed by atoms with E-state index in [1.807, 2.05) is 24.3 Å². The summed E-state index contributed by atoms with van der Waals surface area (Å²) in [5.41, 5.74) is 1.09. The summed E-state index contributed by atoms with van der Waals surface area (Å²) in [6.07, 6.45) is 1.01. The molecule has 22 heavy (non-hydrogen) atoms. The molecule has 6 heteroatoms. The van der Waals surface area contributed by atoms with Gasteiger partial charge in [0.15, 0.2) is 0 Å². The first-order valence-corrected chi connectivity index (χ1v) is 7.50. The molecule has 0 radical (unpaired) electrons. The minimum atomic E-state index is 0. The largest absolute Gasteiger partial charge is 0.494 e. The van der Waals surface area contributed by atoms with E-state index in [1.54, 1.807) is 0 Å². The van der Waals surface area contributed by atoms with Crippen LogP contribution in [0.15, 0.2) is 24.3 Å². The standard InChI is InChI=1S/C16H25N3O2.ClH/c1-19(2)8-3-9-21-15-6-4-13(5-7-15)10-18-16(20)14-11-17-12-14;/h4-7,14,17H,3,8-12H2,1-2H3,(H,18,20);1H. The van der Waals surface area contributed by atoms with Crippen molar-refractivity contribution in [3.8, 4) is 5.75 Å². The third-order valence-electron chi connectivity index (χ3n) is 3.56. The molecule has 2 rings (SSSR count). The lowest BCUT2D eigenvalue weighted by Crippen LogP contribution is -2.50. The zero-order chi connectivity index (χ0) is 15.1. The van der Waals surface area contributed by atoms with Crippen molar-refractivity contribution in [2.45, 2.75) is 13.0 Å². The van der Waals surface area contributed by atoms with E-state index in [1.165, 1.54) is 0 Å². The van der Waals surface area contributed by atoms with Crippen molar-refractivity contribution < 1.29 is 9.53 Å². The van der Waals surface area contributed by atoms with Gasteiger partial charge in [-0.25, -0.2) is 0 Å². The van der Waals surface area contributed by atoms with Gasteiger partial charge in [-0.1, -0.05) is 12.1 Å². The quantitative estimate of drug-likeness (QED) is 0.706. The van der Waals surface area contributed by atoms with Crippen LogP contribution in [0.4, 0.5) is 0 Å². The first-order valence-electron chi connectivity index (χ1n) is 7.50. The minimum absolute atomic E-state index is 0. The van der Waals surface area contributed by atoms with Gasteiger partial charge in [0, 0.05) is 26.2 Å². The molecule has 0 spiro atoms. The van der Waals surface area contributed by atoms with Crippen LogP contribution in [0.2, 0.25) is 0 Å². The number of carbonyl (C=O) groups excluding carboxylic acids is 1. The summed E-state index contributed by atoms with van der Waals surface area (Å²) in [6.45, 7) is 3.93. The lowest BCUT2D eigenvalue weighted by molar-refractivity contribution is -0.126. The fraction of sp³-hybridized carbons (Fsp3) is 0.562. The van der Waals surface area contributed by atoms with Gasteiger partial charge in [0.2, 0.25) is 5.91 Å². The second kappa shape index (κ2) is 9.66. The van der Waals surface area contributed by atoms with Crippen LogP contribution in [0.5, 0.6) is 5.75 Å². The number of rotatable bonds is 8. The Morgan fingerprint density at radius 3 is 2.55 bits per heavy atom. The van der Waals surface area contributed by atoms with E-state index < -0.39 is 0 Å². The number of nitrogens with zero attached hydrogens (tertiary/aromatic N) is 1. The maximum absolute atomic E-state index is 11.7. The molecule has 124 valence electrons. The zero-order valence-corrected chi connectivity index (χ0v) is 14.1. The fourth-order valence-electron chi connectivity index (χ4n) is 2.08. The fourth-order valence-corrected chi connectivity index (χ4v) is 2.08. The highest BCUT2D eigenvalue weighted by Crippen LogP contribution is 2.12. The Morgan fingerprint density at radius 1 is 1.32 bits per heavy atom. The lowest BCUT2D eigenvalue weighted by Gasteiger charge is -2.25. The second-order valence-electron chi connectivity index (χ2n) is 5.72. The highest BCUT2D eigenvalue weighted by molar-refractivity contribution is 5.85. The first kappa shape index (κ1) is 18.7. The molecule has 0 saturated carbocycles. The van der Waals surface area contributed by atoms with Crippen LogP contribution in [0.3, 0.4) is 0 Å². The Labute approximate surface area is 138 Å². The van der Waals surface area contributed by atoms with Crippen molar-refractivity contribution in [3.63, 3.8) is 0 Å². The smallest absolute Gasteiger partial charge is 0.225 e. The van der Waals surface area contributed by atoms with Gasteiger partial charge in [0.05, 0.1) is 12.5 Å². The summed E-state index contributed by atoms with van der Waals surface area (Å²) in [5.74, 6) is 1.16. The Bertz CT molecular complexity index is 447. The van der Waals surface area contributed by atoms with Gasteiger partial charge in [-0.2, -0.15) is 0 Å². The molecule has 1 aromatic rings. The topological polar surface area (TPSA) is 53.6 Å². The van der Waals surface area contributed by atoms with E-state index in [9.17, 15) is 4.79 Å². The minimum Gasteiger partial charge on any atom is -0.494 e. The SMILES string of the molecule is CN(C)CCCOc1ccc(CNC(=O)C2CNC2)cc1.Cl. The zero-order valence-electron chi connectivity index (χ0n) is 13.3. The van der Waals surface area contributed by atoms with Crippen LogP contribution in [0.1, 0.15) is 12.0 Å². The number of benzene rings is 1. The summed E-state index contributed by atoms with van der Waals surface area (Å²) in [7, 11) is 4.12. The molecule has 2 N–H and O–H groups in total. The number of hydrogen-bond donors (Lipinski definition) is 2. The molecule has 0 aliphatic carbocycles. The van der Waals surface area contributed by atoms with Crippen molar-refractivity contribution in [2.24, 2.45) is 5.92 Å². The molecule has 1 heterocycles. The highest BCUT2D eigenvalue weighted by Gasteiger charge is 2.24. The predicted molar refractivity (Wildman–Crippen MR) is 90.6 cm³/mol. The summed E-state index contributed by atoms with van der Waals surface area (Å²) in [6, 6.07) is 7.92. The normalized spacial score (nSPS) is 14.1. The first-order chi connectivity index (χ1) is 10.1. The Balaban J connectivity index is 0.00000242. The van der Waals surface area contributed by atoms with Crippen LogP contribution in [0, 0.1) is 5.92 Å². The Hall–Kier alpha value is -1.30. The van der Waals surface area contributed by atoms with E-state index in [0.29, 0.717) is 6.54 Å². The van der Waals surface area contributed by atoms with Gasteiger partial charge in [-0.15, -0.1) is 12.4 Å². The molecule has 0 unspecified atom stereocenters. The molecule has 1 fully saturated rings. The number of amides is 1. The van der Waals surface area contributed by atoms with Crippen LogP contribution in [-0.2, 0) is 11.3 Å². The van der Waals surface area contributed by atoms with Crippen molar-refractivity contribution >= 4 is 18.3 Å². The summed E-state index contributed by atoms with van der Waals surface area (Å²) < 4.78 is 5.68. The third kappa shape index (κ3) is 6.22. The maximum atomic E-state index is 11.7. The van der Waals surface area contributed by atoms with Crippen LogP contribution < -0.4 is 15.4 Å². The van der Waals surface area contributed by atoms with E-state index in [4.69, 9.17) is 4.74 Å². The maximum Gasteiger partial charge on any atom is 0.225 e. The van der Waals surface area contributed by atoms with E-state index in [2.05, 4.69) is 29.6 Å². The number of carbonyl (C=O) groups is 1. The number of ether oxygens (including phenoxy) is 1. The van der Waals surface area contributed by atoms with Crippen molar-refractivity contribution in [1.82, 2.24) is 15.5 Å². The monoisotopic (exact) mass is 327 g/mol. The molecule has 1 aromatic carbocycles. The van der Waals surface area contributed by atoms with Gasteiger partial charge in [-0.05, 0) is 38.2 Å². The van der Waals surface area contributed by atoms with Crippen molar-refractivity contribution in [2.75, 3.05) is 40.3 Å². The van der Waals surface area contributed by atoms with Gasteiger partial charge < -0.3 is 20.3 Å². The van der Waals surface area contributed by atoms with Gasteiger partial charge in [0.25, 0.3) is 0 Å². The summed E-state index contributed by atoms with van der Waals surface area (Å²) in [5, 5.41) is 6.06. The van der Waals surface area contributed by atoms with Gasteiger partial charge >= 0.3 is 0 Å². The predicted octanol–water partition coefficient (Wildman–Crippen LogP) is 1.27. The van der Waals surface area contributed by atoms with Crippen LogP contribution in [0.25, 0.3) is 0 Å². The average Bonchev–Trinajstić information content (AvgIpc) is 2.40. The number of hydrogen-bond acceptors (Lipinski definition) is 4. The number of halogens is 1. The van der Waals surface area contributed by atoms with Crippen molar-refractivity contribution in [3.05, 3.63) is 29.8 Å². The molecular weight excluding hydrogens is 302 g/mol. The van der Waals surface area contributed by atoms with Gasteiger partial charge in [0.1, 0.15) is 5.75 Å².